The van der Waals surface area contributed by atoms with E-state index >= 15 is 0 Å². The van der Waals surface area contributed by atoms with Crippen molar-refractivity contribution >= 4 is 11.9 Å². The standard InChI is InChI=1S/C13H23NO4/c1-3-4-5-6-7-10-8-11(13(17)18-10)14-9(2)12(15)16/h9-11,14H,3-8H2,1-2H3,(H,15,16)/t9-,10?,11?/m0/s1. The Kier molecular flexibility index (Phi) is 6.12. The number of carboxylic acids is 1. The molecule has 0 bridgehead atoms. The van der Waals surface area contributed by atoms with Crippen LogP contribution in [-0.2, 0) is 14.3 Å². The van der Waals surface area contributed by atoms with E-state index in [1.54, 1.807) is 0 Å². The molecule has 0 aromatic rings. The minimum absolute atomic E-state index is 0.0483. The summed E-state index contributed by atoms with van der Waals surface area (Å²) in [4.78, 5) is 22.3. The lowest BCUT2D eigenvalue weighted by molar-refractivity contribution is -0.144. The fraction of sp³-hybridized carbons (Fsp3) is 0.846. The van der Waals surface area contributed by atoms with Gasteiger partial charge in [0.05, 0.1) is 0 Å². The van der Waals surface area contributed by atoms with Crippen molar-refractivity contribution in [1.29, 1.82) is 0 Å². The van der Waals surface area contributed by atoms with Crippen molar-refractivity contribution in [3.63, 3.8) is 0 Å². The number of aliphatic carboxylic acids is 1. The first kappa shape index (κ1) is 15.0. The zero-order chi connectivity index (χ0) is 13.5. The van der Waals surface area contributed by atoms with Crippen molar-refractivity contribution in [2.45, 2.75) is 70.6 Å². The van der Waals surface area contributed by atoms with E-state index in [1.165, 1.54) is 19.8 Å². The second-order valence-corrected chi connectivity index (χ2v) is 4.92. The van der Waals surface area contributed by atoms with Gasteiger partial charge in [-0.05, 0) is 19.8 Å². The molecule has 1 rings (SSSR count). The molecule has 1 aliphatic rings. The summed E-state index contributed by atoms with van der Waals surface area (Å²) in [6.45, 7) is 3.69. The summed E-state index contributed by atoms with van der Waals surface area (Å²) >= 11 is 0. The molecular formula is C13H23NO4. The molecule has 1 aliphatic heterocycles. The molecule has 1 heterocycles. The summed E-state index contributed by atoms with van der Waals surface area (Å²) in [6.07, 6.45) is 6.03. The van der Waals surface area contributed by atoms with Crippen molar-refractivity contribution in [3.05, 3.63) is 0 Å². The van der Waals surface area contributed by atoms with E-state index in [2.05, 4.69) is 12.2 Å². The maximum absolute atomic E-state index is 11.6. The zero-order valence-corrected chi connectivity index (χ0v) is 11.1. The number of cyclic esters (lactones) is 1. The predicted molar refractivity (Wildman–Crippen MR) is 67.3 cm³/mol. The summed E-state index contributed by atoms with van der Waals surface area (Å²) in [6, 6.07) is -1.19. The third-order valence-electron chi connectivity index (χ3n) is 3.27. The molecule has 5 nitrogen and oxygen atoms in total. The van der Waals surface area contributed by atoms with Crippen LogP contribution < -0.4 is 5.32 Å². The molecule has 2 N–H and O–H groups in total. The van der Waals surface area contributed by atoms with Gasteiger partial charge in [0.25, 0.3) is 0 Å². The number of esters is 1. The van der Waals surface area contributed by atoms with E-state index in [1.807, 2.05) is 0 Å². The molecule has 0 amide bonds. The quantitative estimate of drug-likeness (QED) is 0.511. The molecule has 0 aromatic heterocycles. The van der Waals surface area contributed by atoms with E-state index in [4.69, 9.17) is 9.84 Å². The van der Waals surface area contributed by atoms with Crippen LogP contribution in [0.3, 0.4) is 0 Å². The fourth-order valence-electron chi connectivity index (χ4n) is 2.14. The Bertz CT molecular complexity index is 293. The maximum Gasteiger partial charge on any atom is 0.323 e. The van der Waals surface area contributed by atoms with Gasteiger partial charge in [-0.15, -0.1) is 0 Å². The van der Waals surface area contributed by atoms with Gasteiger partial charge >= 0.3 is 11.9 Å². The Morgan fingerprint density at radius 1 is 1.50 bits per heavy atom. The van der Waals surface area contributed by atoms with Gasteiger partial charge in [-0.25, -0.2) is 0 Å². The number of carbonyl (C=O) groups excluding carboxylic acids is 1. The second kappa shape index (κ2) is 7.36. The number of unbranched alkanes of at least 4 members (excludes halogenated alkanes) is 3. The van der Waals surface area contributed by atoms with Gasteiger partial charge in [-0.1, -0.05) is 26.2 Å². The fourth-order valence-corrected chi connectivity index (χ4v) is 2.14. The van der Waals surface area contributed by atoms with Crippen molar-refractivity contribution in [2.75, 3.05) is 0 Å². The molecule has 18 heavy (non-hydrogen) atoms. The molecule has 104 valence electrons. The number of carbonyl (C=O) groups is 2. The van der Waals surface area contributed by atoms with Gasteiger partial charge < -0.3 is 9.84 Å². The Morgan fingerprint density at radius 3 is 2.83 bits per heavy atom. The average molecular weight is 257 g/mol. The summed E-state index contributed by atoms with van der Waals surface area (Å²) in [7, 11) is 0. The van der Waals surface area contributed by atoms with Gasteiger partial charge in [-0.2, -0.15) is 0 Å². The third-order valence-corrected chi connectivity index (χ3v) is 3.27. The highest BCUT2D eigenvalue weighted by Gasteiger charge is 2.35. The highest BCUT2D eigenvalue weighted by Crippen LogP contribution is 2.20. The van der Waals surface area contributed by atoms with Crippen molar-refractivity contribution < 1.29 is 19.4 Å². The predicted octanol–water partition coefficient (Wildman–Crippen LogP) is 1.70. The monoisotopic (exact) mass is 257 g/mol. The summed E-state index contributed by atoms with van der Waals surface area (Å²) in [5.41, 5.74) is 0. The van der Waals surface area contributed by atoms with Crippen molar-refractivity contribution in [1.82, 2.24) is 5.32 Å². The number of carboxylic acid groups (broad SMARTS) is 1. The topological polar surface area (TPSA) is 75.6 Å². The molecule has 5 heteroatoms. The van der Waals surface area contributed by atoms with Gasteiger partial charge in [0.2, 0.25) is 0 Å². The summed E-state index contributed by atoms with van der Waals surface area (Å²) < 4.78 is 5.24. The summed E-state index contributed by atoms with van der Waals surface area (Å²) in [5, 5.41) is 11.6. The Labute approximate surface area is 108 Å². The molecule has 1 fully saturated rings. The Hall–Kier alpha value is -1.10. The average Bonchev–Trinajstić information content (AvgIpc) is 2.65. The molecule has 0 aliphatic carbocycles. The van der Waals surface area contributed by atoms with Crippen LogP contribution in [0, 0.1) is 0 Å². The van der Waals surface area contributed by atoms with E-state index in [-0.39, 0.29) is 12.1 Å². The van der Waals surface area contributed by atoms with Crippen LogP contribution in [-0.4, -0.2) is 35.2 Å². The van der Waals surface area contributed by atoms with E-state index in [0.717, 1.165) is 19.3 Å². The largest absolute Gasteiger partial charge is 0.480 e. The minimum atomic E-state index is -0.950. The van der Waals surface area contributed by atoms with E-state index in [0.29, 0.717) is 6.42 Å². The number of nitrogens with one attached hydrogen (secondary N) is 1. The molecule has 0 aromatic carbocycles. The molecule has 1 saturated heterocycles. The van der Waals surface area contributed by atoms with Gasteiger partial charge in [0.15, 0.2) is 0 Å². The first-order valence-electron chi connectivity index (χ1n) is 6.74. The number of hydrogen-bond acceptors (Lipinski definition) is 4. The minimum Gasteiger partial charge on any atom is -0.480 e. The Balaban J connectivity index is 2.28. The number of ether oxygens (including phenoxy) is 1. The van der Waals surface area contributed by atoms with Crippen LogP contribution >= 0.6 is 0 Å². The SMILES string of the molecule is CCCCCCC1CC(N[C@@H](C)C(=O)O)C(=O)O1. The zero-order valence-electron chi connectivity index (χ0n) is 11.1. The van der Waals surface area contributed by atoms with Crippen LogP contribution in [0.2, 0.25) is 0 Å². The number of rotatable bonds is 8. The molecule has 2 unspecified atom stereocenters. The van der Waals surface area contributed by atoms with Crippen LogP contribution in [0.15, 0.2) is 0 Å². The second-order valence-electron chi connectivity index (χ2n) is 4.92. The molecule has 0 spiro atoms. The molecule has 3 atom stereocenters. The van der Waals surface area contributed by atoms with Crippen molar-refractivity contribution in [2.24, 2.45) is 0 Å². The maximum atomic E-state index is 11.6. The van der Waals surface area contributed by atoms with Crippen LogP contribution in [0.5, 0.6) is 0 Å². The van der Waals surface area contributed by atoms with Crippen molar-refractivity contribution in [3.8, 4) is 0 Å². The lowest BCUT2D eigenvalue weighted by Gasteiger charge is -2.12. The van der Waals surface area contributed by atoms with Crippen LogP contribution in [0.25, 0.3) is 0 Å². The molecule has 0 saturated carbocycles. The van der Waals surface area contributed by atoms with Gasteiger partial charge in [-0.3, -0.25) is 14.9 Å². The highest BCUT2D eigenvalue weighted by molar-refractivity contribution is 5.80. The van der Waals surface area contributed by atoms with Gasteiger partial charge in [0.1, 0.15) is 18.2 Å². The van der Waals surface area contributed by atoms with E-state index < -0.39 is 18.1 Å². The van der Waals surface area contributed by atoms with Crippen LogP contribution in [0.1, 0.15) is 52.4 Å². The first-order chi connectivity index (χ1) is 8.54. The van der Waals surface area contributed by atoms with Crippen LogP contribution in [0.4, 0.5) is 0 Å². The van der Waals surface area contributed by atoms with Gasteiger partial charge in [0, 0.05) is 6.42 Å². The molecular weight excluding hydrogens is 234 g/mol. The number of hydrogen-bond donors (Lipinski definition) is 2. The smallest absolute Gasteiger partial charge is 0.323 e. The summed E-state index contributed by atoms with van der Waals surface area (Å²) in [5.74, 6) is -1.27. The third kappa shape index (κ3) is 4.64. The lowest BCUT2D eigenvalue weighted by Crippen LogP contribution is -2.43. The lowest BCUT2D eigenvalue weighted by atomic mass is 10.0. The van der Waals surface area contributed by atoms with E-state index in [9.17, 15) is 9.59 Å². The first-order valence-corrected chi connectivity index (χ1v) is 6.74. The molecule has 0 radical (unpaired) electrons. The highest BCUT2D eigenvalue weighted by atomic mass is 16.6. The normalized spacial score (nSPS) is 24.9. The Morgan fingerprint density at radius 2 is 2.22 bits per heavy atom.